The average molecular weight is 446 g/mol. The predicted octanol–water partition coefficient (Wildman–Crippen LogP) is 0.717. The fourth-order valence-corrected chi connectivity index (χ4v) is 5.46. The van der Waals surface area contributed by atoms with Crippen LogP contribution in [0.3, 0.4) is 0 Å². The van der Waals surface area contributed by atoms with Crippen LogP contribution < -0.4 is 14.6 Å². The molecule has 4 N–H and O–H groups in total. The first kappa shape index (κ1) is 20.7. The lowest BCUT2D eigenvalue weighted by molar-refractivity contribution is 0.580. The summed E-state index contributed by atoms with van der Waals surface area (Å²) in [5.41, 5.74) is 0.489. The van der Waals surface area contributed by atoms with Gasteiger partial charge < -0.3 is 0 Å². The van der Waals surface area contributed by atoms with E-state index in [1.54, 1.807) is 0 Å². The molecule has 0 spiro atoms. The van der Waals surface area contributed by atoms with Crippen LogP contribution in [0.5, 0.6) is 0 Å². The largest absolute Gasteiger partial charge is 0.280 e. The molecule has 28 heavy (non-hydrogen) atoms. The third-order valence-electron chi connectivity index (χ3n) is 3.89. The molecule has 1 fully saturated rings. The minimum Gasteiger partial charge on any atom is -0.280 e. The molecule has 0 unspecified atom stereocenters. The van der Waals surface area contributed by atoms with Crippen molar-refractivity contribution in [3.05, 3.63) is 54.1 Å². The van der Waals surface area contributed by atoms with Gasteiger partial charge in [0.2, 0.25) is 20.0 Å². The fraction of sp³-hybridized carbons (Fsp3) is 0.250. The first-order valence-electron chi connectivity index (χ1n) is 8.19. The first-order chi connectivity index (χ1) is 12.9. The van der Waals surface area contributed by atoms with E-state index in [9.17, 15) is 25.3 Å². The number of hydrogen-bond acceptors (Lipinski definition) is 6. The molecule has 152 valence electrons. The summed E-state index contributed by atoms with van der Waals surface area (Å²) in [6.07, 6.45) is 1.58. The first-order valence-corrected chi connectivity index (χ1v) is 12.9. The van der Waals surface area contributed by atoms with Gasteiger partial charge in [-0.1, -0.05) is 12.1 Å². The topological polar surface area (TPSA) is 152 Å². The van der Waals surface area contributed by atoms with Crippen LogP contribution in [0.2, 0.25) is 0 Å². The van der Waals surface area contributed by atoms with Crippen LogP contribution in [-0.4, -0.2) is 31.3 Å². The second kappa shape index (κ2) is 7.44. The SMILES string of the molecule is NS(=O)(=O)Cc1cccc(NS(=O)(=O)c2ccc(S(=O)(=O)NC3CC3)cc2)c1. The highest BCUT2D eigenvalue weighted by molar-refractivity contribution is 7.92. The molecule has 1 aliphatic rings. The van der Waals surface area contributed by atoms with E-state index in [0.29, 0.717) is 5.56 Å². The van der Waals surface area contributed by atoms with Crippen LogP contribution in [0.15, 0.2) is 58.3 Å². The van der Waals surface area contributed by atoms with Crippen molar-refractivity contribution in [3.8, 4) is 0 Å². The van der Waals surface area contributed by atoms with E-state index in [4.69, 9.17) is 5.14 Å². The molecule has 0 aliphatic heterocycles. The lowest BCUT2D eigenvalue weighted by atomic mass is 10.2. The Kier molecular flexibility index (Phi) is 5.51. The number of sulfonamides is 3. The van der Waals surface area contributed by atoms with Crippen molar-refractivity contribution in [2.75, 3.05) is 4.72 Å². The van der Waals surface area contributed by atoms with Gasteiger partial charge in [-0.25, -0.2) is 35.1 Å². The Labute approximate surface area is 164 Å². The molecule has 2 aromatic rings. The normalized spacial score (nSPS) is 15.3. The van der Waals surface area contributed by atoms with Crippen LogP contribution >= 0.6 is 0 Å². The van der Waals surface area contributed by atoms with Gasteiger partial charge in [0.25, 0.3) is 10.0 Å². The summed E-state index contributed by atoms with van der Waals surface area (Å²) >= 11 is 0. The zero-order valence-electron chi connectivity index (χ0n) is 14.6. The van der Waals surface area contributed by atoms with Gasteiger partial charge in [0.1, 0.15) is 0 Å². The van der Waals surface area contributed by atoms with Crippen molar-refractivity contribution in [2.24, 2.45) is 5.14 Å². The molecule has 1 saturated carbocycles. The maximum atomic E-state index is 12.5. The zero-order valence-corrected chi connectivity index (χ0v) is 17.0. The molecular weight excluding hydrogens is 426 g/mol. The number of nitrogens with one attached hydrogen (secondary N) is 2. The molecule has 0 bridgehead atoms. The van der Waals surface area contributed by atoms with Crippen LogP contribution in [0.25, 0.3) is 0 Å². The van der Waals surface area contributed by atoms with Gasteiger partial charge in [-0.05, 0) is 54.8 Å². The number of nitrogens with two attached hydrogens (primary N) is 1. The molecule has 0 atom stereocenters. The second-order valence-electron chi connectivity index (χ2n) is 6.48. The summed E-state index contributed by atoms with van der Waals surface area (Å²) in [6, 6.07) is 10.6. The monoisotopic (exact) mass is 445 g/mol. The molecule has 12 heteroatoms. The lowest BCUT2D eigenvalue weighted by Crippen LogP contribution is -2.25. The lowest BCUT2D eigenvalue weighted by Gasteiger charge is -2.10. The molecule has 0 aromatic heterocycles. The second-order valence-corrected chi connectivity index (χ2v) is 11.5. The Bertz CT molecular complexity index is 1190. The standard InChI is InChI=1S/C16H19N3O6S3/c17-26(20,21)11-12-2-1-3-14(10-12)19-28(24,25)16-8-6-15(7-9-16)27(22,23)18-13-4-5-13/h1-3,6-10,13,18-19H,4-5,11H2,(H2,17,20,21). The number of benzene rings is 2. The summed E-state index contributed by atoms with van der Waals surface area (Å²) in [4.78, 5) is -0.150. The van der Waals surface area contributed by atoms with E-state index in [-0.39, 0.29) is 21.5 Å². The molecule has 0 radical (unpaired) electrons. The molecule has 2 aromatic carbocycles. The highest BCUT2D eigenvalue weighted by atomic mass is 32.2. The zero-order chi connectivity index (χ0) is 20.6. The number of primary sulfonamides is 1. The van der Waals surface area contributed by atoms with E-state index in [0.717, 1.165) is 12.8 Å². The molecule has 1 aliphatic carbocycles. The van der Waals surface area contributed by atoms with Gasteiger partial charge in [-0.2, -0.15) is 0 Å². The smallest absolute Gasteiger partial charge is 0.261 e. The summed E-state index contributed by atoms with van der Waals surface area (Å²) in [5, 5.41) is 5.00. The van der Waals surface area contributed by atoms with Crippen molar-refractivity contribution in [2.45, 2.75) is 34.4 Å². The highest BCUT2D eigenvalue weighted by Gasteiger charge is 2.28. The van der Waals surface area contributed by atoms with Crippen LogP contribution in [0.4, 0.5) is 5.69 Å². The van der Waals surface area contributed by atoms with Crippen molar-refractivity contribution in [3.63, 3.8) is 0 Å². The molecule has 0 heterocycles. The Balaban J connectivity index is 1.78. The van der Waals surface area contributed by atoms with Crippen LogP contribution in [0.1, 0.15) is 18.4 Å². The van der Waals surface area contributed by atoms with Gasteiger partial charge in [-0.15, -0.1) is 0 Å². The summed E-state index contributed by atoms with van der Waals surface area (Å²) in [7, 11) is -11.4. The Morgan fingerprint density at radius 1 is 0.857 bits per heavy atom. The van der Waals surface area contributed by atoms with Crippen LogP contribution in [-0.2, 0) is 35.8 Å². The fourth-order valence-electron chi connectivity index (χ4n) is 2.46. The van der Waals surface area contributed by atoms with Crippen molar-refractivity contribution >= 4 is 35.8 Å². The van der Waals surface area contributed by atoms with Crippen molar-refractivity contribution in [1.29, 1.82) is 0 Å². The predicted molar refractivity (Wildman–Crippen MR) is 104 cm³/mol. The molecule has 3 rings (SSSR count). The van der Waals surface area contributed by atoms with E-state index < -0.39 is 35.8 Å². The number of rotatable bonds is 8. The third-order valence-corrected chi connectivity index (χ3v) is 7.56. The summed E-state index contributed by atoms with van der Waals surface area (Å²) in [5.74, 6) is -0.427. The maximum absolute atomic E-state index is 12.5. The van der Waals surface area contributed by atoms with Crippen LogP contribution in [0, 0.1) is 0 Å². The molecule has 0 amide bonds. The van der Waals surface area contributed by atoms with Gasteiger partial charge in [0.05, 0.1) is 15.5 Å². The molecule has 0 saturated heterocycles. The molecule has 9 nitrogen and oxygen atoms in total. The van der Waals surface area contributed by atoms with E-state index in [2.05, 4.69) is 9.44 Å². The van der Waals surface area contributed by atoms with Gasteiger partial charge in [0, 0.05) is 11.7 Å². The van der Waals surface area contributed by atoms with Gasteiger partial charge in [0.15, 0.2) is 0 Å². The van der Waals surface area contributed by atoms with E-state index in [1.807, 2.05) is 0 Å². The summed E-state index contributed by atoms with van der Waals surface area (Å²) < 4.78 is 76.6. The van der Waals surface area contributed by atoms with Gasteiger partial charge in [-0.3, -0.25) is 4.72 Å². The molecular formula is C16H19N3O6S3. The summed E-state index contributed by atoms with van der Waals surface area (Å²) in [6.45, 7) is 0. The number of anilines is 1. The van der Waals surface area contributed by atoms with Crippen molar-refractivity contribution < 1.29 is 25.3 Å². The minimum atomic E-state index is -3.99. The third kappa shape index (κ3) is 5.52. The Morgan fingerprint density at radius 2 is 1.43 bits per heavy atom. The Hall–Kier alpha value is -1.99. The maximum Gasteiger partial charge on any atom is 0.261 e. The Morgan fingerprint density at radius 3 is 1.96 bits per heavy atom. The minimum absolute atomic E-state index is 0.0199. The highest BCUT2D eigenvalue weighted by Crippen LogP contribution is 2.23. The van der Waals surface area contributed by atoms with E-state index in [1.165, 1.54) is 48.5 Å². The quantitative estimate of drug-likeness (QED) is 0.544. The number of hydrogen-bond donors (Lipinski definition) is 3. The average Bonchev–Trinajstić information content (AvgIpc) is 3.36. The van der Waals surface area contributed by atoms with Gasteiger partial charge >= 0.3 is 0 Å². The van der Waals surface area contributed by atoms with Crippen molar-refractivity contribution in [1.82, 2.24) is 4.72 Å². The van der Waals surface area contributed by atoms with E-state index >= 15 is 0 Å².